The smallest absolute Gasteiger partial charge is 0.254 e. The maximum Gasteiger partial charge on any atom is 0.254 e. The van der Waals surface area contributed by atoms with Crippen LogP contribution in [0.15, 0.2) is 71.3 Å². The van der Waals surface area contributed by atoms with E-state index in [0.29, 0.717) is 30.1 Å². The van der Waals surface area contributed by atoms with Crippen molar-refractivity contribution in [3.05, 3.63) is 88.0 Å². The lowest BCUT2D eigenvalue weighted by Gasteiger charge is -2.30. The Hall–Kier alpha value is -2.60. The zero-order valence-corrected chi connectivity index (χ0v) is 16.6. The van der Waals surface area contributed by atoms with E-state index in [1.165, 1.54) is 0 Å². The summed E-state index contributed by atoms with van der Waals surface area (Å²) in [6, 6.07) is 15.4. The van der Waals surface area contributed by atoms with Crippen molar-refractivity contribution in [2.24, 2.45) is 0 Å². The molecule has 2 aromatic carbocycles. The van der Waals surface area contributed by atoms with Gasteiger partial charge in [-0.3, -0.25) is 4.79 Å². The molecule has 2 aromatic rings. The minimum Gasteiger partial charge on any atom is -0.378 e. The first kappa shape index (κ1) is 19.7. The molecule has 0 saturated carbocycles. The molecule has 4 rings (SSSR count). The van der Waals surface area contributed by atoms with Gasteiger partial charge in [-0.25, -0.2) is 0 Å². The quantitative estimate of drug-likeness (QED) is 0.660. The van der Waals surface area contributed by atoms with E-state index in [4.69, 9.17) is 11.6 Å². The van der Waals surface area contributed by atoms with E-state index in [9.17, 15) is 15.0 Å². The third kappa shape index (κ3) is 4.37. The van der Waals surface area contributed by atoms with Crippen LogP contribution in [-0.2, 0) is 13.0 Å². The van der Waals surface area contributed by atoms with Crippen LogP contribution in [0.2, 0.25) is 0 Å². The number of benzene rings is 2. The topological polar surface area (TPSA) is 72.8 Å². The molecule has 150 valence electrons. The highest BCUT2D eigenvalue weighted by atomic mass is 35.5. The fraction of sp³-hybridized carbons (Fsp3) is 0.261. The van der Waals surface area contributed by atoms with Gasteiger partial charge in [-0.2, -0.15) is 0 Å². The molecular weight excluding hydrogens is 388 g/mol. The number of carbonyl (C=O) groups is 1. The number of allylic oxidation sites excluding steroid dienone is 2. The van der Waals surface area contributed by atoms with Gasteiger partial charge < -0.3 is 20.4 Å². The van der Waals surface area contributed by atoms with E-state index >= 15 is 0 Å². The van der Waals surface area contributed by atoms with E-state index in [1.54, 1.807) is 6.08 Å². The minimum atomic E-state index is -1.57. The van der Waals surface area contributed by atoms with Crippen molar-refractivity contribution in [3.63, 3.8) is 0 Å². The van der Waals surface area contributed by atoms with Crippen LogP contribution < -0.4 is 5.32 Å². The lowest BCUT2D eigenvalue weighted by molar-refractivity contribution is -0.0113. The van der Waals surface area contributed by atoms with Crippen LogP contribution in [0, 0.1) is 0 Å². The Labute approximate surface area is 174 Å². The van der Waals surface area contributed by atoms with Crippen LogP contribution in [0.3, 0.4) is 0 Å². The first-order valence-corrected chi connectivity index (χ1v) is 10.0. The van der Waals surface area contributed by atoms with Gasteiger partial charge in [-0.15, -0.1) is 0 Å². The maximum atomic E-state index is 12.9. The maximum absolute atomic E-state index is 12.9. The molecule has 3 N–H and O–H groups in total. The molecule has 0 aromatic heterocycles. The zero-order valence-electron chi connectivity index (χ0n) is 15.9. The molecule has 1 amide bonds. The highest BCUT2D eigenvalue weighted by molar-refractivity contribution is 6.31. The van der Waals surface area contributed by atoms with Crippen molar-refractivity contribution in [1.82, 2.24) is 4.90 Å². The van der Waals surface area contributed by atoms with Gasteiger partial charge in [0.1, 0.15) is 0 Å². The number of fused-ring (bicyclic) bond motifs is 1. The van der Waals surface area contributed by atoms with E-state index in [-0.39, 0.29) is 11.9 Å². The van der Waals surface area contributed by atoms with Gasteiger partial charge in [-0.1, -0.05) is 48.0 Å². The summed E-state index contributed by atoms with van der Waals surface area (Å²) >= 11 is 6.00. The molecule has 1 unspecified atom stereocenters. The Kier molecular flexibility index (Phi) is 5.72. The van der Waals surface area contributed by atoms with Crippen LogP contribution in [-0.4, -0.2) is 39.9 Å². The predicted octanol–water partition coefficient (Wildman–Crippen LogP) is 3.43. The van der Waals surface area contributed by atoms with Crippen molar-refractivity contribution >= 4 is 23.2 Å². The van der Waals surface area contributed by atoms with Crippen LogP contribution in [0.1, 0.15) is 27.9 Å². The lowest BCUT2D eigenvalue weighted by Crippen LogP contribution is -2.37. The summed E-state index contributed by atoms with van der Waals surface area (Å²) in [4.78, 5) is 14.8. The van der Waals surface area contributed by atoms with E-state index < -0.39 is 6.29 Å². The van der Waals surface area contributed by atoms with E-state index in [1.807, 2.05) is 59.5 Å². The van der Waals surface area contributed by atoms with Crippen LogP contribution in [0.4, 0.5) is 5.69 Å². The molecule has 1 atom stereocenters. The van der Waals surface area contributed by atoms with Gasteiger partial charge >= 0.3 is 0 Å². The van der Waals surface area contributed by atoms with Gasteiger partial charge in [0.05, 0.1) is 6.04 Å². The Morgan fingerprint density at radius 2 is 1.97 bits per heavy atom. The summed E-state index contributed by atoms with van der Waals surface area (Å²) < 4.78 is 0. The summed E-state index contributed by atoms with van der Waals surface area (Å²) in [6.07, 6.45) is 3.19. The van der Waals surface area contributed by atoms with Gasteiger partial charge in [-0.05, 0) is 48.2 Å². The summed E-state index contributed by atoms with van der Waals surface area (Å²) in [7, 11) is 0. The number of nitrogens with one attached hydrogen (secondary N) is 1. The molecule has 29 heavy (non-hydrogen) atoms. The third-order valence-corrected chi connectivity index (χ3v) is 5.65. The highest BCUT2D eigenvalue weighted by Gasteiger charge is 2.26. The zero-order chi connectivity index (χ0) is 20.4. The average molecular weight is 411 g/mol. The minimum absolute atomic E-state index is 0.0420. The van der Waals surface area contributed by atoms with Gasteiger partial charge in [0.15, 0.2) is 6.29 Å². The number of nitrogens with zero attached hydrogens (tertiary/aromatic N) is 1. The Balaban J connectivity index is 1.49. The summed E-state index contributed by atoms with van der Waals surface area (Å²) in [6.45, 7) is 1.28. The van der Waals surface area contributed by atoms with Crippen molar-refractivity contribution in [2.75, 3.05) is 11.9 Å². The fourth-order valence-electron chi connectivity index (χ4n) is 3.86. The third-order valence-electron chi connectivity index (χ3n) is 5.38. The van der Waals surface area contributed by atoms with Crippen LogP contribution >= 0.6 is 11.6 Å². The summed E-state index contributed by atoms with van der Waals surface area (Å²) in [5.41, 5.74) is 4.12. The van der Waals surface area contributed by atoms with Crippen LogP contribution in [0.25, 0.3) is 0 Å². The number of hydrogen-bond acceptors (Lipinski definition) is 4. The SMILES string of the molecule is O=C1c2ccc(NC3CC=C(Cl)C=C3C(O)O)cc2CCN1Cc1ccccc1. The van der Waals surface area contributed by atoms with Crippen molar-refractivity contribution in [1.29, 1.82) is 0 Å². The van der Waals surface area contributed by atoms with Crippen molar-refractivity contribution in [3.8, 4) is 0 Å². The summed E-state index contributed by atoms with van der Waals surface area (Å²) in [5.74, 6) is 0.0420. The van der Waals surface area contributed by atoms with Gasteiger partial charge in [0.2, 0.25) is 0 Å². The monoisotopic (exact) mass is 410 g/mol. The average Bonchev–Trinajstić information content (AvgIpc) is 2.72. The number of aliphatic hydroxyl groups is 2. The predicted molar refractivity (Wildman–Crippen MR) is 114 cm³/mol. The number of anilines is 1. The molecule has 0 spiro atoms. The number of aliphatic hydroxyl groups excluding tert-OH is 1. The first-order valence-electron chi connectivity index (χ1n) is 9.67. The van der Waals surface area contributed by atoms with Crippen molar-refractivity contribution in [2.45, 2.75) is 31.7 Å². The second-order valence-corrected chi connectivity index (χ2v) is 7.81. The molecular formula is C23H23ClN2O3. The largest absolute Gasteiger partial charge is 0.378 e. The normalized spacial score (nSPS) is 19.0. The highest BCUT2D eigenvalue weighted by Crippen LogP contribution is 2.28. The molecule has 0 saturated heterocycles. The van der Waals surface area contributed by atoms with Crippen LogP contribution in [0.5, 0.6) is 0 Å². The molecule has 0 radical (unpaired) electrons. The lowest BCUT2D eigenvalue weighted by atomic mass is 9.95. The molecule has 1 aliphatic carbocycles. The molecule has 1 aliphatic heterocycles. The molecule has 0 bridgehead atoms. The van der Waals surface area contributed by atoms with E-state index in [2.05, 4.69) is 5.32 Å². The van der Waals surface area contributed by atoms with E-state index in [0.717, 1.165) is 28.8 Å². The summed E-state index contributed by atoms with van der Waals surface area (Å²) in [5, 5.41) is 23.1. The molecule has 2 aliphatic rings. The second kappa shape index (κ2) is 8.41. The first-order chi connectivity index (χ1) is 14.0. The molecule has 5 nitrogen and oxygen atoms in total. The Morgan fingerprint density at radius 3 is 2.72 bits per heavy atom. The fourth-order valence-corrected chi connectivity index (χ4v) is 4.08. The number of amides is 1. The Bertz CT molecular complexity index is 969. The molecule has 6 heteroatoms. The number of carbonyl (C=O) groups excluding carboxylic acids is 1. The Morgan fingerprint density at radius 1 is 1.17 bits per heavy atom. The van der Waals surface area contributed by atoms with Crippen molar-refractivity contribution < 1.29 is 15.0 Å². The van der Waals surface area contributed by atoms with Gasteiger partial charge in [0, 0.05) is 34.9 Å². The molecule has 1 heterocycles. The second-order valence-electron chi connectivity index (χ2n) is 7.37. The number of rotatable bonds is 5. The molecule has 0 fully saturated rings. The standard InChI is InChI=1S/C23H23ClN2O3/c24-17-6-9-21(20(13-17)23(28)29)25-18-7-8-19-16(12-18)10-11-26(22(19)27)14-15-4-2-1-3-5-15/h1-8,12-13,21,23,25,28-29H,9-11,14H2. The van der Waals surface area contributed by atoms with Gasteiger partial charge in [0.25, 0.3) is 5.91 Å². The number of halogens is 1. The number of hydrogen-bond donors (Lipinski definition) is 3.